The van der Waals surface area contributed by atoms with Crippen LogP contribution in [0.5, 0.6) is 0 Å². The monoisotopic (exact) mass is 258 g/mol. The molecule has 1 unspecified atom stereocenters. The molecule has 7 heteroatoms. The molecule has 0 aromatic carbocycles. The third-order valence-electron chi connectivity index (χ3n) is 2.11. The van der Waals surface area contributed by atoms with E-state index in [2.05, 4.69) is 0 Å². The number of amides is 2. The van der Waals surface area contributed by atoms with E-state index in [1.54, 1.807) is 14.0 Å². The predicted molar refractivity (Wildman–Crippen MR) is 62.7 cm³/mol. The zero-order chi connectivity index (χ0) is 13.0. The van der Waals surface area contributed by atoms with E-state index in [4.69, 9.17) is 10.5 Å². The van der Waals surface area contributed by atoms with E-state index >= 15 is 0 Å². The lowest BCUT2D eigenvalue weighted by Gasteiger charge is -2.08. The molecule has 0 bridgehead atoms. The highest BCUT2D eigenvalue weighted by Gasteiger charge is 2.35. The van der Waals surface area contributed by atoms with E-state index in [1.165, 1.54) is 11.0 Å². The molecule has 1 atom stereocenters. The quantitative estimate of drug-likeness (QED) is 0.559. The summed E-state index contributed by atoms with van der Waals surface area (Å²) >= 11 is 1.15. The van der Waals surface area contributed by atoms with Crippen LogP contribution in [0.15, 0.2) is 11.1 Å². The zero-order valence-corrected chi connectivity index (χ0v) is 10.5. The van der Waals surface area contributed by atoms with Gasteiger partial charge in [-0.15, -0.1) is 0 Å². The van der Waals surface area contributed by atoms with Gasteiger partial charge < -0.3 is 15.4 Å². The van der Waals surface area contributed by atoms with Crippen LogP contribution in [-0.2, 0) is 19.1 Å². The fourth-order valence-electron chi connectivity index (χ4n) is 1.33. The Bertz CT molecular complexity index is 381. The number of ether oxygens (including phenoxy) is 1. The van der Waals surface area contributed by atoms with Crippen molar-refractivity contribution in [1.29, 1.82) is 0 Å². The number of nitrogens with two attached hydrogens (primary N) is 1. The number of nitrogens with zero attached hydrogens (tertiary/aromatic N) is 1. The van der Waals surface area contributed by atoms with E-state index < -0.39 is 17.1 Å². The highest BCUT2D eigenvalue weighted by atomic mass is 32.2. The third kappa shape index (κ3) is 3.48. The molecule has 1 rings (SSSR count). The van der Waals surface area contributed by atoms with Gasteiger partial charge in [-0.1, -0.05) is 11.8 Å². The molecule has 2 N–H and O–H groups in total. The minimum Gasteiger partial charge on any atom is -0.463 e. The second kappa shape index (κ2) is 5.72. The second-order valence-corrected chi connectivity index (χ2v) is 4.63. The Morgan fingerprint density at radius 1 is 1.59 bits per heavy atom. The van der Waals surface area contributed by atoms with Crippen molar-refractivity contribution in [2.45, 2.75) is 18.6 Å². The van der Waals surface area contributed by atoms with Crippen LogP contribution in [0.4, 0.5) is 0 Å². The van der Waals surface area contributed by atoms with Crippen molar-refractivity contribution in [3.63, 3.8) is 0 Å². The Balaban J connectivity index is 2.74. The normalized spacial score (nSPS) is 22.0. The maximum Gasteiger partial charge on any atom is 0.333 e. The molecule has 1 aliphatic rings. The van der Waals surface area contributed by atoms with Gasteiger partial charge in [0, 0.05) is 13.5 Å². The van der Waals surface area contributed by atoms with Crippen molar-refractivity contribution in [3.8, 4) is 0 Å². The SMILES string of the molecule is CCOC(=O)/C=C1\SC(CC(N)=O)C(=O)N1C. The molecule has 2 amide bonds. The fraction of sp³-hybridized carbons (Fsp3) is 0.500. The third-order valence-corrected chi connectivity index (χ3v) is 3.40. The number of carbonyl (C=O) groups is 3. The van der Waals surface area contributed by atoms with Gasteiger partial charge in [0.05, 0.1) is 23.0 Å². The maximum atomic E-state index is 11.7. The van der Waals surface area contributed by atoms with Gasteiger partial charge in [-0.05, 0) is 6.92 Å². The molecule has 1 fully saturated rings. The molecule has 17 heavy (non-hydrogen) atoms. The largest absolute Gasteiger partial charge is 0.463 e. The standard InChI is InChI=1S/C10H14N2O4S/c1-3-16-9(14)5-8-12(2)10(15)6(17-8)4-7(11)13/h5-6H,3-4H2,1-2H3,(H2,11,13)/b8-5-. The molecule has 94 valence electrons. The zero-order valence-electron chi connectivity index (χ0n) is 9.63. The van der Waals surface area contributed by atoms with E-state index in [0.717, 1.165) is 11.8 Å². The Morgan fingerprint density at radius 2 is 2.24 bits per heavy atom. The number of hydrogen-bond acceptors (Lipinski definition) is 5. The van der Waals surface area contributed by atoms with Gasteiger partial charge in [-0.2, -0.15) is 0 Å². The molecule has 0 radical (unpaired) electrons. The van der Waals surface area contributed by atoms with Crippen molar-refractivity contribution in [1.82, 2.24) is 4.90 Å². The molecule has 0 spiro atoms. The summed E-state index contributed by atoms with van der Waals surface area (Å²) in [4.78, 5) is 35.0. The Labute approximate surface area is 103 Å². The van der Waals surface area contributed by atoms with Gasteiger partial charge in [0.1, 0.15) is 0 Å². The molecule has 1 aliphatic heterocycles. The summed E-state index contributed by atoms with van der Waals surface area (Å²) in [7, 11) is 1.54. The van der Waals surface area contributed by atoms with Crippen LogP contribution in [0, 0.1) is 0 Å². The lowest BCUT2D eigenvalue weighted by Crippen LogP contribution is -2.28. The Morgan fingerprint density at radius 3 is 2.76 bits per heavy atom. The Hall–Kier alpha value is -1.50. The predicted octanol–water partition coefficient (Wildman–Crippen LogP) is -0.160. The maximum absolute atomic E-state index is 11.7. The van der Waals surface area contributed by atoms with E-state index in [9.17, 15) is 14.4 Å². The first-order chi connectivity index (χ1) is 7.95. The van der Waals surface area contributed by atoms with E-state index in [-0.39, 0.29) is 18.9 Å². The van der Waals surface area contributed by atoms with Crippen LogP contribution in [0.3, 0.4) is 0 Å². The van der Waals surface area contributed by atoms with Gasteiger partial charge in [0.25, 0.3) is 0 Å². The van der Waals surface area contributed by atoms with Crippen molar-refractivity contribution >= 4 is 29.5 Å². The molecular formula is C10H14N2O4S. The average Bonchev–Trinajstić information content (AvgIpc) is 2.46. The molecule has 6 nitrogen and oxygen atoms in total. The van der Waals surface area contributed by atoms with Gasteiger partial charge in [-0.25, -0.2) is 4.79 Å². The second-order valence-electron chi connectivity index (χ2n) is 3.41. The van der Waals surface area contributed by atoms with Gasteiger partial charge in [0.2, 0.25) is 11.8 Å². The van der Waals surface area contributed by atoms with Gasteiger partial charge in [0.15, 0.2) is 0 Å². The highest BCUT2D eigenvalue weighted by Crippen LogP contribution is 2.35. The minimum atomic E-state index is -0.543. The van der Waals surface area contributed by atoms with Crippen LogP contribution in [0.25, 0.3) is 0 Å². The van der Waals surface area contributed by atoms with E-state index in [1.807, 2.05) is 0 Å². The van der Waals surface area contributed by atoms with Crippen molar-refractivity contribution in [2.75, 3.05) is 13.7 Å². The van der Waals surface area contributed by atoms with Crippen LogP contribution in [0.1, 0.15) is 13.3 Å². The summed E-state index contributed by atoms with van der Waals surface area (Å²) in [5, 5.41) is -0.0714. The number of primary amides is 1. The van der Waals surface area contributed by atoms with Crippen LogP contribution in [-0.4, -0.2) is 41.6 Å². The van der Waals surface area contributed by atoms with Crippen LogP contribution < -0.4 is 5.73 Å². The van der Waals surface area contributed by atoms with Crippen molar-refractivity contribution in [2.24, 2.45) is 5.73 Å². The molecule has 1 saturated heterocycles. The summed E-state index contributed by atoms with van der Waals surface area (Å²) in [5.74, 6) is -1.28. The molecule has 0 saturated carbocycles. The summed E-state index contributed by atoms with van der Waals surface area (Å²) < 4.78 is 4.75. The van der Waals surface area contributed by atoms with Crippen LogP contribution >= 0.6 is 11.8 Å². The minimum absolute atomic E-state index is 0.0337. The smallest absolute Gasteiger partial charge is 0.333 e. The first-order valence-corrected chi connectivity index (χ1v) is 5.94. The number of esters is 1. The fourth-order valence-corrected chi connectivity index (χ4v) is 2.54. The topological polar surface area (TPSA) is 89.7 Å². The molecule has 0 aliphatic carbocycles. The highest BCUT2D eigenvalue weighted by molar-refractivity contribution is 8.04. The molecule has 1 heterocycles. The first kappa shape index (κ1) is 13.6. The number of rotatable bonds is 4. The Kier molecular flexibility index (Phi) is 4.56. The van der Waals surface area contributed by atoms with Crippen molar-refractivity contribution in [3.05, 3.63) is 11.1 Å². The molecule has 0 aromatic heterocycles. The first-order valence-electron chi connectivity index (χ1n) is 5.06. The summed E-state index contributed by atoms with van der Waals surface area (Å²) in [6.07, 6.45) is 1.21. The molecular weight excluding hydrogens is 244 g/mol. The van der Waals surface area contributed by atoms with E-state index in [0.29, 0.717) is 5.03 Å². The van der Waals surface area contributed by atoms with Gasteiger partial charge >= 0.3 is 5.97 Å². The van der Waals surface area contributed by atoms with Crippen molar-refractivity contribution < 1.29 is 19.1 Å². The van der Waals surface area contributed by atoms with Crippen LogP contribution in [0.2, 0.25) is 0 Å². The summed E-state index contributed by atoms with van der Waals surface area (Å²) in [6.45, 7) is 1.97. The summed E-state index contributed by atoms with van der Waals surface area (Å²) in [5.41, 5.74) is 5.04. The number of thioether (sulfide) groups is 1. The number of carbonyl (C=O) groups excluding carboxylic acids is 3. The lowest BCUT2D eigenvalue weighted by molar-refractivity contribution is -0.137. The van der Waals surface area contributed by atoms with Gasteiger partial charge in [-0.3, -0.25) is 9.59 Å². The lowest BCUT2D eigenvalue weighted by atomic mass is 10.2. The number of hydrogen-bond donors (Lipinski definition) is 1. The average molecular weight is 258 g/mol. The molecule has 0 aromatic rings. The summed E-state index contributed by atoms with van der Waals surface area (Å²) in [6, 6.07) is 0.